The molecule has 1 unspecified atom stereocenters. The van der Waals surface area contributed by atoms with Crippen LogP contribution in [0.1, 0.15) is 39.0 Å². The minimum absolute atomic E-state index is 0.234. The van der Waals surface area contributed by atoms with E-state index < -0.39 is 5.60 Å². The lowest BCUT2D eigenvalue weighted by molar-refractivity contribution is 0.00461. The highest BCUT2D eigenvalue weighted by atomic mass is 35.5. The smallest absolute Gasteiger partial charge is 0.410 e. The Morgan fingerprint density at radius 2 is 2.00 bits per heavy atom. The first kappa shape index (κ1) is 21.5. The zero-order chi connectivity index (χ0) is 21.2. The molecule has 0 N–H and O–H groups in total. The molecule has 1 fully saturated rings. The van der Waals surface area contributed by atoms with Crippen LogP contribution in [0.3, 0.4) is 0 Å². The summed E-state index contributed by atoms with van der Waals surface area (Å²) in [6.07, 6.45) is -0.234. The average molecular weight is 417 g/mol. The van der Waals surface area contributed by atoms with Gasteiger partial charge in [0.1, 0.15) is 5.60 Å². The van der Waals surface area contributed by atoms with E-state index in [0.29, 0.717) is 13.1 Å². The van der Waals surface area contributed by atoms with E-state index in [1.54, 1.807) is 4.90 Å². The zero-order valence-electron chi connectivity index (χ0n) is 17.8. The SMILES string of the molecule is Cc1cc(-c2cccc(CN3CCN(C(=O)OC(C)(C)C)CC3C)c2)nc(Cl)n1. The van der Waals surface area contributed by atoms with Gasteiger partial charge in [0.2, 0.25) is 5.28 Å². The number of aromatic nitrogens is 2. The number of nitrogens with zero attached hydrogens (tertiary/aromatic N) is 4. The molecule has 1 aromatic carbocycles. The highest BCUT2D eigenvalue weighted by Gasteiger charge is 2.29. The van der Waals surface area contributed by atoms with Gasteiger partial charge in [-0.1, -0.05) is 18.2 Å². The highest BCUT2D eigenvalue weighted by molar-refractivity contribution is 6.28. The van der Waals surface area contributed by atoms with Crippen LogP contribution >= 0.6 is 11.6 Å². The molecule has 0 spiro atoms. The van der Waals surface area contributed by atoms with Crippen LogP contribution in [0.25, 0.3) is 11.3 Å². The number of halogens is 1. The molecule has 1 aromatic heterocycles. The maximum Gasteiger partial charge on any atom is 0.410 e. The highest BCUT2D eigenvalue weighted by Crippen LogP contribution is 2.23. The fraction of sp³-hybridized carbons (Fsp3) is 0.500. The average Bonchev–Trinajstić information content (AvgIpc) is 2.61. The third kappa shape index (κ3) is 5.90. The maximum atomic E-state index is 12.3. The van der Waals surface area contributed by atoms with Gasteiger partial charge in [-0.05, 0) is 63.9 Å². The minimum atomic E-state index is -0.472. The molecule has 7 heteroatoms. The Kier molecular flexibility index (Phi) is 6.44. The summed E-state index contributed by atoms with van der Waals surface area (Å²) in [6, 6.07) is 10.5. The van der Waals surface area contributed by atoms with Crippen LogP contribution < -0.4 is 0 Å². The van der Waals surface area contributed by atoms with Crippen molar-refractivity contribution in [1.29, 1.82) is 0 Å². The topological polar surface area (TPSA) is 58.6 Å². The van der Waals surface area contributed by atoms with Gasteiger partial charge in [0.25, 0.3) is 0 Å². The first-order chi connectivity index (χ1) is 13.6. The van der Waals surface area contributed by atoms with Crippen molar-refractivity contribution in [3.8, 4) is 11.3 Å². The molecule has 1 saturated heterocycles. The molecule has 2 heterocycles. The van der Waals surface area contributed by atoms with Crippen LogP contribution in [0.4, 0.5) is 4.79 Å². The van der Waals surface area contributed by atoms with Crippen molar-refractivity contribution in [3.63, 3.8) is 0 Å². The van der Waals surface area contributed by atoms with Gasteiger partial charge in [-0.2, -0.15) is 0 Å². The summed E-state index contributed by atoms with van der Waals surface area (Å²) in [5.74, 6) is 0. The van der Waals surface area contributed by atoms with E-state index in [-0.39, 0.29) is 17.4 Å². The third-order valence-electron chi connectivity index (χ3n) is 4.85. The number of aryl methyl sites for hydroxylation is 1. The molecule has 0 aliphatic carbocycles. The molecule has 0 bridgehead atoms. The first-order valence-corrected chi connectivity index (χ1v) is 10.3. The van der Waals surface area contributed by atoms with Crippen molar-refractivity contribution < 1.29 is 9.53 Å². The maximum absolute atomic E-state index is 12.3. The Labute approximate surface area is 177 Å². The lowest BCUT2D eigenvalue weighted by Crippen LogP contribution is -2.54. The predicted molar refractivity (Wildman–Crippen MR) is 115 cm³/mol. The molecule has 29 heavy (non-hydrogen) atoms. The van der Waals surface area contributed by atoms with Crippen LogP contribution in [-0.2, 0) is 11.3 Å². The monoisotopic (exact) mass is 416 g/mol. The number of benzene rings is 1. The molecule has 1 aliphatic heterocycles. The van der Waals surface area contributed by atoms with Crippen molar-refractivity contribution >= 4 is 17.7 Å². The van der Waals surface area contributed by atoms with E-state index in [1.807, 2.05) is 45.9 Å². The van der Waals surface area contributed by atoms with Gasteiger partial charge in [0, 0.05) is 43.5 Å². The third-order valence-corrected chi connectivity index (χ3v) is 5.02. The summed E-state index contributed by atoms with van der Waals surface area (Å²) in [7, 11) is 0. The van der Waals surface area contributed by atoms with Crippen molar-refractivity contribution in [1.82, 2.24) is 19.8 Å². The molecule has 1 atom stereocenters. The van der Waals surface area contributed by atoms with Crippen molar-refractivity contribution in [2.45, 2.75) is 52.8 Å². The molecular weight excluding hydrogens is 388 g/mol. The van der Waals surface area contributed by atoms with E-state index in [2.05, 4.69) is 33.9 Å². The number of carbonyl (C=O) groups excluding carboxylic acids is 1. The number of ether oxygens (including phenoxy) is 1. The van der Waals surface area contributed by atoms with Gasteiger partial charge < -0.3 is 9.64 Å². The minimum Gasteiger partial charge on any atom is -0.444 e. The van der Waals surface area contributed by atoms with Crippen LogP contribution in [0.15, 0.2) is 30.3 Å². The van der Waals surface area contributed by atoms with Gasteiger partial charge in [0.05, 0.1) is 5.69 Å². The Bertz CT molecular complexity index is 861. The molecule has 2 aromatic rings. The second kappa shape index (κ2) is 8.67. The number of hydrogen-bond donors (Lipinski definition) is 0. The number of hydrogen-bond acceptors (Lipinski definition) is 5. The lowest BCUT2D eigenvalue weighted by Gasteiger charge is -2.40. The number of piperazine rings is 1. The normalized spacial score (nSPS) is 18.0. The molecular formula is C22H29ClN4O2. The molecule has 0 saturated carbocycles. The second-order valence-corrected chi connectivity index (χ2v) is 8.95. The fourth-order valence-electron chi connectivity index (χ4n) is 3.47. The van der Waals surface area contributed by atoms with E-state index >= 15 is 0 Å². The van der Waals surface area contributed by atoms with Gasteiger partial charge in [0.15, 0.2) is 0 Å². The first-order valence-electron chi connectivity index (χ1n) is 9.93. The molecule has 1 amide bonds. The number of carbonyl (C=O) groups is 1. The largest absolute Gasteiger partial charge is 0.444 e. The van der Waals surface area contributed by atoms with Crippen molar-refractivity contribution in [3.05, 3.63) is 46.9 Å². The van der Waals surface area contributed by atoms with Gasteiger partial charge in [-0.15, -0.1) is 0 Å². The zero-order valence-corrected chi connectivity index (χ0v) is 18.5. The summed E-state index contributed by atoms with van der Waals surface area (Å²) >= 11 is 6.02. The van der Waals surface area contributed by atoms with Gasteiger partial charge in [-0.3, -0.25) is 4.90 Å². The number of rotatable bonds is 3. The van der Waals surface area contributed by atoms with Gasteiger partial charge >= 0.3 is 6.09 Å². The summed E-state index contributed by atoms with van der Waals surface area (Å²) in [6.45, 7) is 12.7. The lowest BCUT2D eigenvalue weighted by atomic mass is 10.1. The van der Waals surface area contributed by atoms with E-state index in [0.717, 1.165) is 30.0 Å². The summed E-state index contributed by atoms with van der Waals surface area (Å²) in [5, 5.41) is 0.261. The molecule has 1 aliphatic rings. The predicted octanol–water partition coefficient (Wildman–Crippen LogP) is 4.55. The quantitative estimate of drug-likeness (QED) is 0.687. The standard InChI is InChI=1S/C22H29ClN4O2/c1-15-11-19(25-20(23)24-15)18-8-6-7-17(12-18)14-26-9-10-27(13-16(26)2)21(28)29-22(3,4)5/h6-8,11-12,16H,9-10,13-14H2,1-5H3. The van der Waals surface area contributed by atoms with E-state index in [9.17, 15) is 4.79 Å². The van der Waals surface area contributed by atoms with Crippen LogP contribution in [-0.4, -0.2) is 57.1 Å². The van der Waals surface area contributed by atoms with Gasteiger partial charge in [-0.25, -0.2) is 14.8 Å². The second-order valence-electron chi connectivity index (χ2n) is 8.61. The van der Waals surface area contributed by atoms with E-state index in [4.69, 9.17) is 16.3 Å². The van der Waals surface area contributed by atoms with Crippen molar-refractivity contribution in [2.24, 2.45) is 0 Å². The van der Waals surface area contributed by atoms with Crippen LogP contribution in [0.2, 0.25) is 5.28 Å². The number of amides is 1. The fourth-order valence-corrected chi connectivity index (χ4v) is 3.69. The molecule has 0 radical (unpaired) electrons. The Hall–Kier alpha value is -2.18. The van der Waals surface area contributed by atoms with E-state index in [1.165, 1.54) is 5.56 Å². The summed E-state index contributed by atoms with van der Waals surface area (Å²) in [5.41, 5.74) is 3.42. The van der Waals surface area contributed by atoms with Crippen LogP contribution in [0, 0.1) is 6.92 Å². The Balaban J connectivity index is 1.66. The molecule has 3 rings (SSSR count). The summed E-state index contributed by atoms with van der Waals surface area (Å²) in [4.78, 5) is 25.0. The summed E-state index contributed by atoms with van der Waals surface area (Å²) < 4.78 is 5.51. The van der Waals surface area contributed by atoms with Crippen molar-refractivity contribution in [2.75, 3.05) is 19.6 Å². The molecule has 156 valence electrons. The Morgan fingerprint density at radius 1 is 1.24 bits per heavy atom. The van der Waals surface area contributed by atoms with Crippen LogP contribution in [0.5, 0.6) is 0 Å². The Morgan fingerprint density at radius 3 is 2.66 bits per heavy atom. The molecule has 6 nitrogen and oxygen atoms in total.